The minimum atomic E-state index is -5.08. The smallest absolute Gasteiger partial charge is 0.731 e. The molecule has 2 saturated heterocycles. The molecule has 3 amide bonds. The number of ether oxygens (including phenoxy) is 1. The molecule has 0 saturated carbocycles. The predicted molar refractivity (Wildman–Crippen MR) is 84.7 cm³/mol. The fourth-order valence-electron chi connectivity index (χ4n) is 3.04. The minimum Gasteiger partial charge on any atom is -0.731 e. The van der Waals surface area contributed by atoms with E-state index in [1.807, 2.05) is 0 Å². The van der Waals surface area contributed by atoms with Crippen molar-refractivity contribution in [2.24, 2.45) is 5.73 Å². The largest absolute Gasteiger partial charge is 1.00 e. The molecule has 2 fully saturated rings. The number of rotatable bonds is 4. The average Bonchev–Trinajstić information content (AvgIpc) is 2.85. The van der Waals surface area contributed by atoms with Gasteiger partial charge in [0.05, 0.1) is 6.04 Å². The Kier molecular flexibility index (Phi) is 6.32. The maximum Gasteiger partial charge on any atom is 1.00 e. The summed E-state index contributed by atoms with van der Waals surface area (Å²) < 4.78 is 39.0. The summed E-state index contributed by atoms with van der Waals surface area (Å²) in [6.45, 7) is -0.302. The summed E-state index contributed by atoms with van der Waals surface area (Å²) in [6, 6.07) is 6.33. The first-order chi connectivity index (χ1) is 12.2. The van der Waals surface area contributed by atoms with E-state index in [9.17, 15) is 27.4 Å². The Morgan fingerprint density at radius 1 is 1.26 bits per heavy atom. The monoisotopic (exact) mass is 403 g/mol. The molecular formula is C15H14N3NaO7S. The Balaban J connectivity index is 0.00000261. The number of carbonyl (C=O) groups excluding carboxylic acids is 3. The molecule has 3 rings (SSSR count). The number of primary amides is 1. The zero-order chi connectivity index (χ0) is 19.1. The van der Waals surface area contributed by atoms with Crippen molar-refractivity contribution in [2.75, 3.05) is 6.54 Å². The number of fused-ring (bicyclic) bond motifs is 1. The second-order valence-corrected chi connectivity index (χ2v) is 7.02. The molecule has 27 heavy (non-hydrogen) atoms. The molecule has 0 bridgehead atoms. The fraction of sp³-hybridized carbons (Fsp3) is 0.267. The number of carbonyl (C=O) groups is 3. The van der Waals surface area contributed by atoms with Crippen LogP contribution in [0.5, 0.6) is 0 Å². The Hall–Kier alpha value is -1.92. The van der Waals surface area contributed by atoms with Crippen LogP contribution in [0, 0.1) is 0 Å². The molecule has 138 valence electrons. The third-order valence-electron chi connectivity index (χ3n) is 4.10. The second-order valence-electron chi connectivity index (χ2n) is 5.77. The van der Waals surface area contributed by atoms with Gasteiger partial charge in [0.25, 0.3) is 5.91 Å². The van der Waals surface area contributed by atoms with Crippen LogP contribution >= 0.6 is 0 Å². The molecule has 1 aromatic carbocycles. The van der Waals surface area contributed by atoms with Crippen LogP contribution in [-0.4, -0.2) is 58.7 Å². The van der Waals surface area contributed by atoms with Gasteiger partial charge in [0.1, 0.15) is 12.6 Å². The van der Waals surface area contributed by atoms with Crippen molar-refractivity contribution < 1.29 is 61.6 Å². The van der Waals surface area contributed by atoms with E-state index >= 15 is 0 Å². The van der Waals surface area contributed by atoms with E-state index in [1.54, 1.807) is 30.3 Å². The van der Waals surface area contributed by atoms with Gasteiger partial charge in [-0.25, -0.2) is 17.5 Å². The molecule has 10 nitrogen and oxygen atoms in total. The zero-order valence-corrected chi connectivity index (χ0v) is 17.1. The molecule has 0 unspecified atom stereocenters. The van der Waals surface area contributed by atoms with Gasteiger partial charge in [-0.3, -0.25) is 14.5 Å². The average molecular weight is 403 g/mol. The molecule has 2 N–H and O–H groups in total. The van der Waals surface area contributed by atoms with E-state index < -0.39 is 40.3 Å². The van der Waals surface area contributed by atoms with Crippen LogP contribution in [0.2, 0.25) is 0 Å². The van der Waals surface area contributed by atoms with Gasteiger partial charge in [-0.05, 0) is 11.1 Å². The standard InChI is InChI=1S/C15H15N3O7S.Na/c16-11(19)6-10-7-17(13-12(10)18(14(13)20)26(22,23)24)15(21)25-8-9-4-2-1-3-5-9;/h1-6,12-13H,7-8H2,(H2,16,19)(H,22,23,24);/q;+1/p-1/b10-6+;/t12-,13+;/m1./s1. The van der Waals surface area contributed by atoms with Crippen LogP contribution < -0.4 is 35.3 Å². The van der Waals surface area contributed by atoms with Crippen molar-refractivity contribution in [1.82, 2.24) is 9.21 Å². The van der Waals surface area contributed by atoms with Crippen molar-refractivity contribution in [3.8, 4) is 0 Å². The minimum absolute atomic E-state index is 0. The van der Waals surface area contributed by atoms with Gasteiger partial charge < -0.3 is 15.0 Å². The van der Waals surface area contributed by atoms with Gasteiger partial charge in [0.15, 0.2) is 10.3 Å². The molecule has 2 aliphatic heterocycles. The fourth-order valence-corrected chi connectivity index (χ4v) is 3.89. The van der Waals surface area contributed by atoms with Crippen LogP contribution in [0.15, 0.2) is 42.0 Å². The maximum absolute atomic E-state index is 12.3. The quantitative estimate of drug-likeness (QED) is 0.234. The maximum atomic E-state index is 12.3. The summed E-state index contributed by atoms with van der Waals surface area (Å²) in [5, 5.41) is 0. The molecule has 2 atom stereocenters. The number of hydrogen-bond donors (Lipinski definition) is 1. The van der Waals surface area contributed by atoms with Crippen molar-refractivity contribution >= 4 is 28.2 Å². The third kappa shape index (κ3) is 4.17. The van der Waals surface area contributed by atoms with E-state index in [2.05, 4.69) is 0 Å². The van der Waals surface area contributed by atoms with Crippen molar-refractivity contribution in [1.29, 1.82) is 0 Å². The number of hydrogen-bond acceptors (Lipinski definition) is 7. The van der Waals surface area contributed by atoms with Gasteiger partial charge in [-0.1, -0.05) is 30.3 Å². The normalized spacial score (nSPS) is 22.7. The van der Waals surface area contributed by atoms with Crippen LogP contribution in [0.4, 0.5) is 4.79 Å². The zero-order valence-electron chi connectivity index (χ0n) is 14.3. The van der Waals surface area contributed by atoms with Crippen molar-refractivity contribution in [3.63, 3.8) is 0 Å². The van der Waals surface area contributed by atoms with E-state index in [0.29, 0.717) is 5.56 Å². The summed E-state index contributed by atoms with van der Waals surface area (Å²) in [4.78, 5) is 36.5. The number of amides is 3. The summed E-state index contributed by atoms with van der Waals surface area (Å²) in [6.07, 6.45) is 0.0419. The number of likely N-dealkylation sites (tertiary alicyclic amines) is 1. The van der Waals surface area contributed by atoms with E-state index in [0.717, 1.165) is 11.0 Å². The summed E-state index contributed by atoms with van der Waals surface area (Å²) >= 11 is 0. The second kappa shape index (κ2) is 7.98. The summed E-state index contributed by atoms with van der Waals surface area (Å²) in [5.74, 6) is -1.93. The van der Waals surface area contributed by atoms with Gasteiger partial charge in [0, 0.05) is 12.6 Å². The molecule has 2 aliphatic rings. The molecule has 2 heterocycles. The first-order valence-corrected chi connectivity index (χ1v) is 8.83. The van der Waals surface area contributed by atoms with Crippen LogP contribution in [-0.2, 0) is 31.2 Å². The molecule has 0 spiro atoms. The van der Waals surface area contributed by atoms with Gasteiger partial charge in [0.2, 0.25) is 5.91 Å². The summed E-state index contributed by atoms with van der Waals surface area (Å²) in [5.41, 5.74) is 5.87. The van der Waals surface area contributed by atoms with Gasteiger partial charge >= 0.3 is 35.7 Å². The van der Waals surface area contributed by atoms with Crippen LogP contribution in [0.25, 0.3) is 0 Å². The topological polar surface area (TPSA) is 150 Å². The summed E-state index contributed by atoms with van der Waals surface area (Å²) in [7, 11) is -5.08. The molecular weight excluding hydrogens is 389 g/mol. The number of nitrogens with zero attached hydrogens (tertiary/aromatic N) is 2. The predicted octanol–water partition coefficient (Wildman–Crippen LogP) is -3.91. The molecule has 0 radical (unpaired) electrons. The van der Waals surface area contributed by atoms with E-state index in [4.69, 9.17) is 10.5 Å². The SMILES string of the molecule is NC(=O)/C=C1\CN(C(=O)OCc2ccccc2)[C@@H]2C(=O)N(S(=O)(=O)[O-])[C@H]12.[Na+]. The van der Waals surface area contributed by atoms with Crippen LogP contribution in [0.1, 0.15) is 5.56 Å². The molecule has 0 aromatic heterocycles. The molecule has 12 heteroatoms. The number of β-lactam (4-membered cyclic amide) rings is 1. The number of benzene rings is 1. The first-order valence-electron chi connectivity index (χ1n) is 7.46. The van der Waals surface area contributed by atoms with Gasteiger partial charge in [-0.15, -0.1) is 0 Å². The Labute approximate surface area is 177 Å². The Bertz CT molecular complexity index is 903. The van der Waals surface area contributed by atoms with E-state index in [-0.39, 0.29) is 52.6 Å². The molecule has 1 aromatic rings. The van der Waals surface area contributed by atoms with Crippen molar-refractivity contribution in [3.05, 3.63) is 47.5 Å². The van der Waals surface area contributed by atoms with Crippen molar-refractivity contribution in [2.45, 2.75) is 18.7 Å². The van der Waals surface area contributed by atoms with Gasteiger partial charge in [-0.2, -0.15) is 0 Å². The first kappa shape index (κ1) is 21.4. The third-order valence-corrected chi connectivity index (χ3v) is 4.99. The van der Waals surface area contributed by atoms with E-state index in [1.165, 1.54) is 0 Å². The Morgan fingerprint density at radius 2 is 1.89 bits per heavy atom. The van der Waals surface area contributed by atoms with Crippen LogP contribution in [0.3, 0.4) is 0 Å². The Morgan fingerprint density at radius 3 is 2.44 bits per heavy atom. The number of nitrogens with two attached hydrogens (primary N) is 1. The molecule has 0 aliphatic carbocycles.